The van der Waals surface area contributed by atoms with Crippen LogP contribution >= 0.6 is 24.0 Å². The summed E-state index contributed by atoms with van der Waals surface area (Å²) in [6.07, 6.45) is 3.04. The number of aromatic nitrogens is 1. The second-order valence-corrected chi connectivity index (χ2v) is 7.60. The van der Waals surface area contributed by atoms with Gasteiger partial charge in [-0.3, -0.25) is 0 Å². The Morgan fingerprint density at radius 3 is 2.70 bits per heavy atom. The molecule has 162 valence electrons. The summed E-state index contributed by atoms with van der Waals surface area (Å²) in [4.78, 5) is 14.3. The first-order valence-electron chi connectivity index (χ1n) is 10.7. The molecule has 4 rings (SSSR count). The molecular weight excluding hydrogens is 489 g/mol. The van der Waals surface area contributed by atoms with Gasteiger partial charge in [0.15, 0.2) is 5.96 Å². The molecule has 1 aromatic heterocycles. The number of guanidine groups is 1. The highest BCUT2D eigenvalue weighted by Crippen LogP contribution is 2.27. The summed E-state index contributed by atoms with van der Waals surface area (Å²) >= 11 is 0. The van der Waals surface area contributed by atoms with E-state index in [1.165, 1.54) is 17.5 Å². The molecule has 30 heavy (non-hydrogen) atoms. The first-order chi connectivity index (χ1) is 14.3. The van der Waals surface area contributed by atoms with Crippen molar-refractivity contribution in [2.75, 3.05) is 50.8 Å². The molecule has 7 heteroatoms. The maximum atomic E-state index is 5.49. The Balaban J connectivity index is 0.00000256. The minimum Gasteiger partial charge on any atom is -0.378 e. The highest BCUT2D eigenvalue weighted by molar-refractivity contribution is 14.0. The lowest BCUT2D eigenvalue weighted by molar-refractivity contribution is 0.122. The zero-order valence-corrected chi connectivity index (χ0v) is 20.0. The van der Waals surface area contributed by atoms with Gasteiger partial charge in [-0.15, -0.1) is 24.0 Å². The number of aliphatic imine (C=N–C) groups is 1. The van der Waals surface area contributed by atoms with E-state index in [0.717, 1.165) is 57.7 Å². The van der Waals surface area contributed by atoms with Crippen LogP contribution in [-0.2, 0) is 11.3 Å². The van der Waals surface area contributed by atoms with E-state index >= 15 is 0 Å². The number of benzene rings is 1. The van der Waals surface area contributed by atoms with Crippen LogP contribution < -0.4 is 10.2 Å². The number of morpholine rings is 1. The van der Waals surface area contributed by atoms with E-state index in [4.69, 9.17) is 9.73 Å². The summed E-state index contributed by atoms with van der Waals surface area (Å²) in [7, 11) is 0. The van der Waals surface area contributed by atoms with Gasteiger partial charge in [0.25, 0.3) is 0 Å². The highest BCUT2D eigenvalue weighted by Gasteiger charge is 2.26. The molecule has 2 aliphatic heterocycles. The number of nitrogens with one attached hydrogen (secondary N) is 1. The number of rotatable bonds is 5. The molecule has 0 bridgehead atoms. The van der Waals surface area contributed by atoms with E-state index in [1.54, 1.807) is 0 Å². The molecule has 2 aromatic rings. The summed E-state index contributed by atoms with van der Waals surface area (Å²) in [5.74, 6) is 2.61. The van der Waals surface area contributed by atoms with Crippen molar-refractivity contribution in [2.45, 2.75) is 25.8 Å². The summed E-state index contributed by atoms with van der Waals surface area (Å²) in [6, 6.07) is 15.0. The highest BCUT2D eigenvalue weighted by atomic mass is 127. The SMILES string of the molecule is CCNC(=NCc1cccnc1N1CCOCC1)N1CCC(c2ccccc2)C1.I. The Kier molecular flexibility index (Phi) is 8.74. The van der Waals surface area contributed by atoms with Crippen LogP contribution in [0.1, 0.15) is 30.4 Å². The van der Waals surface area contributed by atoms with Gasteiger partial charge in [0.2, 0.25) is 0 Å². The molecule has 2 saturated heterocycles. The van der Waals surface area contributed by atoms with Crippen LogP contribution in [0.25, 0.3) is 0 Å². The van der Waals surface area contributed by atoms with Gasteiger partial charge in [0.05, 0.1) is 19.8 Å². The van der Waals surface area contributed by atoms with E-state index in [2.05, 4.69) is 63.4 Å². The van der Waals surface area contributed by atoms with Gasteiger partial charge in [-0.25, -0.2) is 9.98 Å². The zero-order chi connectivity index (χ0) is 19.9. The third-order valence-corrected chi connectivity index (χ3v) is 5.67. The summed E-state index contributed by atoms with van der Waals surface area (Å²) in [5, 5.41) is 3.49. The molecule has 1 unspecified atom stereocenters. The van der Waals surface area contributed by atoms with Gasteiger partial charge in [-0.05, 0) is 25.0 Å². The Morgan fingerprint density at radius 2 is 1.93 bits per heavy atom. The van der Waals surface area contributed by atoms with E-state index < -0.39 is 0 Å². The molecule has 0 spiro atoms. The maximum Gasteiger partial charge on any atom is 0.194 e. The van der Waals surface area contributed by atoms with Crippen molar-refractivity contribution in [3.05, 3.63) is 59.8 Å². The largest absolute Gasteiger partial charge is 0.378 e. The van der Waals surface area contributed by atoms with Crippen molar-refractivity contribution in [1.82, 2.24) is 15.2 Å². The van der Waals surface area contributed by atoms with Crippen LogP contribution in [-0.4, -0.2) is 61.8 Å². The molecule has 0 radical (unpaired) electrons. The average molecular weight is 521 g/mol. The number of anilines is 1. The van der Waals surface area contributed by atoms with Gasteiger partial charge >= 0.3 is 0 Å². The van der Waals surface area contributed by atoms with Crippen molar-refractivity contribution in [1.29, 1.82) is 0 Å². The molecular formula is C23H32IN5O. The van der Waals surface area contributed by atoms with Crippen LogP contribution in [0.4, 0.5) is 5.82 Å². The fourth-order valence-electron chi connectivity index (χ4n) is 4.15. The third kappa shape index (κ3) is 5.63. The van der Waals surface area contributed by atoms with Gasteiger partial charge < -0.3 is 19.9 Å². The Morgan fingerprint density at radius 1 is 1.13 bits per heavy atom. The van der Waals surface area contributed by atoms with Crippen LogP contribution in [0.5, 0.6) is 0 Å². The standard InChI is InChI=1S/C23H31N5O.HI/c1-2-24-23(28-12-10-21(18-28)19-7-4-3-5-8-19)26-17-20-9-6-11-25-22(20)27-13-15-29-16-14-27;/h3-9,11,21H,2,10,12-18H2,1H3,(H,24,26);1H. The number of ether oxygens (including phenoxy) is 1. The topological polar surface area (TPSA) is 53.0 Å². The lowest BCUT2D eigenvalue weighted by Crippen LogP contribution is -2.40. The monoisotopic (exact) mass is 521 g/mol. The maximum absolute atomic E-state index is 5.49. The van der Waals surface area contributed by atoms with Gasteiger partial charge in [0, 0.05) is 50.4 Å². The van der Waals surface area contributed by atoms with E-state index in [9.17, 15) is 0 Å². The quantitative estimate of drug-likeness (QED) is 0.371. The smallest absolute Gasteiger partial charge is 0.194 e. The molecule has 0 saturated carbocycles. The average Bonchev–Trinajstić information content (AvgIpc) is 3.28. The number of hydrogen-bond acceptors (Lipinski definition) is 4. The van der Waals surface area contributed by atoms with Crippen LogP contribution in [0.2, 0.25) is 0 Å². The van der Waals surface area contributed by atoms with E-state index in [0.29, 0.717) is 12.5 Å². The van der Waals surface area contributed by atoms with Crippen molar-refractivity contribution >= 4 is 35.8 Å². The first-order valence-corrected chi connectivity index (χ1v) is 10.7. The van der Waals surface area contributed by atoms with Crippen LogP contribution in [0.3, 0.4) is 0 Å². The van der Waals surface area contributed by atoms with Gasteiger partial charge in [-0.2, -0.15) is 0 Å². The Bertz CT molecular complexity index is 810. The van der Waals surface area contributed by atoms with Crippen LogP contribution in [0.15, 0.2) is 53.7 Å². The van der Waals surface area contributed by atoms with E-state index in [1.807, 2.05) is 12.3 Å². The molecule has 3 heterocycles. The molecule has 0 amide bonds. The fraction of sp³-hybridized carbons (Fsp3) is 0.478. The fourth-order valence-corrected chi connectivity index (χ4v) is 4.15. The summed E-state index contributed by atoms with van der Waals surface area (Å²) in [5.41, 5.74) is 2.59. The summed E-state index contributed by atoms with van der Waals surface area (Å²) < 4.78 is 5.49. The first kappa shape index (κ1) is 22.8. The zero-order valence-electron chi connectivity index (χ0n) is 17.7. The molecule has 1 N–H and O–H groups in total. The number of nitrogens with zero attached hydrogens (tertiary/aromatic N) is 4. The number of halogens is 1. The van der Waals surface area contributed by atoms with Gasteiger partial charge in [-0.1, -0.05) is 36.4 Å². The van der Waals surface area contributed by atoms with Crippen molar-refractivity contribution in [3.63, 3.8) is 0 Å². The second kappa shape index (κ2) is 11.5. The molecule has 1 aromatic carbocycles. The molecule has 0 aliphatic carbocycles. The Hall–Kier alpha value is -1.87. The van der Waals surface area contributed by atoms with E-state index in [-0.39, 0.29) is 24.0 Å². The Labute approximate surface area is 196 Å². The number of likely N-dealkylation sites (tertiary alicyclic amines) is 1. The molecule has 2 fully saturated rings. The summed E-state index contributed by atoms with van der Waals surface area (Å²) in [6.45, 7) is 8.98. The second-order valence-electron chi connectivity index (χ2n) is 7.60. The third-order valence-electron chi connectivity index (χ3n) is 5.67. The number of hydrogen-bond donors (Lipinski definition) is 1. The minimum absolute atomic E-state index is 0. The molecule has 2 aliphatic rings. The van der Waals surface area contributed by atoms with Gasteiger partial charge in [0.1, 0.15) is 5.82 Å². The molecule has 1 atom stereocenters. The van der Waals surface area contributed by atoms with Crippen molar-refractivity contribution in [3.8, 4) is 0 Å². The minimum atomic E-state index is 0. The van der Waals surface area contributed by atoms with Crippen molar-refractivity contribution in [2.24, 2.45) is 4.99 Å². The lowest BCUT2D eigenvalue weighted by atomic mass is 9.99. The lowest BCUT2D eigenvalue weighted by Gasteiger charge is -2.29. The predicted octanol–water partition coefficient (Wildman–Crippen LogP) is 3.49. The normalized spacial score (nSPS) is 19.5. The molecule has 6 nitrogen and oxygen atoms in total. The van der Waals surface area contributed by atoms with Crippen molar-refractivity contribution < 1.29 is 4.74 Å². The van der Waals surface area contributed by atoms with Crippen LogP contribution in [0, 0.1) is 0 Å². The predicted molar refractivity (Wildman–Crippen MR) is 133 cm³/mol. The number of pyridine rings is 1.